The fourth-order valence-corrected chi connectivity index (χ4v) is 3.46. The van der Waals surface area contributed by atoms with Crippen molar-refractivity contribution in [3.63, 3.8) is 0 Å². The minimum absolute atomic E-state index is 0.0109. The van der Waals surface area contributed by atoms with E-state index in [0.717, 1.165) is 0 Å². The Morgan fingerprint density at radius 3 is 2.83 bits per heavy atom. The Bertz CT molecular complexity index is 807. The molecule has 0 aromatic heterocycles. The molecule has 0 unspecified atom stereocenters. The van der Waals surface area contributed by atoms with Gasteiger partial charge in [0.25, 0.3) is 5.91 Å². The summed E-state index contributed by atoms with van der Waals surface area (Å²) < 4.78 is 19.4. The van der Waals surface area contributed by atoms with Crippen molar-refractivity contribution in [3.05, 3.63) is 57.4 Å². The van der Waals surface area contributed by atoms with Crippen LogP contribution in [0.15, 0.2) is 24.3 Å². The van der Waals surface area contributed by atoms with Crippen LogP contribution in [0.1, 0.15) is 39.4 Å². The van der Waals surface area contributed by atoms with Gasteiger partial charge in [0.05, 0.1) is 12.7 Å². The molecule has 3 rings (SSSR count). The number of carbonyl (C=O) groups is 1. The number of aromatic hydroxyl groups is 1. The predicted octanol–water partition coefficient (Wildman–Crippen LogP) is 3.37. The summed E-state index contributed by atoms with van der Waals surface area (Å²) in [6.45, 7) is 0. The van der Waals surface area contributed by atoms with Crippen LogP contribution in [0.2, 0.25) is 5.02 Å². The first-order valence-electron chi connectivity index (χ1n) is 7.11. The summed E-state index contributed by atoms with van der Waals surface area (Å²) in [5.41, 5.74) is 7.01. The highest BCUT2D eigenvalue weighted by Gasteiger charge is 2.32. The first-order valence-corrected chi connectivity index (χ1v) is 7.49. The summed E-state index contributed by atoms with van der Waals surface area (Å²) in [5, 5.41) is 10.8. The molecule has 1 atom stereocenters. The normalized spacial score (nSPS) is 16.2. The number of hydrogen-bond donors (Lipinski definition) is 2. The fraction of sp³-hybridized carbons (Fsp3) is 0.235. The maximum absolute atomic E-state index is 14.1. The third-order valence-corrected chi connectivity index (χ3v) is 4.48. The number of phenols is 1. The molecule has 1 aliphatic carbocycles. The van der Waals surface area contributed by atoms with Crippen LogP contribution in [0.25, 0.3) is 0 Å². The van der Waals surface area contributed by atoms with Crippen molar-refractivity contribution >= 4 is 17.5 Å². The summed E-state index contributed by atoms with van der Waals surface area (Å²) >= 11 is 5.97. The van der Waals surface area contributed by atoms with Gasteiger partial charge in [-0.25, -0.2) is 4.39 Å². The molecule has 0 fully saturated rings. The van der Waals surface area contributed by atoms with E-state index in [2.05, 4.69) is 0 Å². The lowest BCUT2D eigenvalue weighted by atomic mass is 9.89. The van der Waals surface area contributed by atoms with Crippen LogP contribution in [0.5, 0.6) is 11.5 Å². The highest BCUT2D eigenvalue weighted by atomic mass is 35.5. The number of amides is 1. The highest BCUT2D eigenvalue weighted by Crippen LogP contribution is 2.47. The molecule has 120 valence electrons. The second kappa shape index (κ2) is 5.74. The van der Waals surface area contributed by atoms with E-state index in [1.54, 1.807) is 12.1 Å². The predicted molar refractivity (Wildman–Crippen MR) is 84.8 cm³/mol. The second-order valence-corrected chi connectivity index (χ2v) is 5.93. The first-order chi connectivity index (χ1) is 10.9. The first kappa shape index (κ1) is 15.6. The zero-order valence-electron chi connectivity index (χ0n) is 12.4. The molecule has 6 heteroatoms. The minimum atomic E-state index is -0.734. The van der Waals surface area contributed by atoms with Gasteiger partial charge in [-0.05, 0) is 48.2 Å². The smallest absolute Gasteiger partial charge is 0.252 e. The molecule has 0 spiro atoms. The van der Waals surface area contributed by atoms with Gasteiger partial charge in [0.2, 0.25) is 0 Å². The molecule has 4 nitrogen and oxygen atoms in total. The van der Waals surface area contributed by atoms with Gasteiger partial charge in [-0.15, -0.1) is 0 Å². The highest BCUT2D eigenvalue weighted by molar-refractivity contribution is 6.30. The maximum atomic E-state index is 14.1. The quantitative estimate of drug-likeness (QED) is 0.903. The average molecular weight is 336 g/mol. The number of hydrogen-bond acceptors (Lipinski definition) is 3. The largest absolute Gasteiger partial charge is 0.507 e. The van der Waals surface area contributed by atoms with E-state index in [1.165, 1.54) is 19.2 Å². The Balaban J connectivity index is 2.22. The Kier molecular flexibility index (Phi) is 3.90. The lowest BCUT2D eigenvalue weighted by molar-refractivity contribution is 0.0997. The third-order valence-electron chi connectivity index (χ3n) is 4.26. The van der Waals surface area contributed by atoms with Crippen molar-refractivity contribution in [1.82, 2.24) is 0 Å². The second-order valence-electron chi connectivity index (χ2n) is 5.49. The lowest BCUT2D eigenvalue weighted by Gasteiger charge is -2.19. The number of nitrogens with two attached hydrogens (primary N) is 1. The average Bonchev–Trinajstić information content (AvgIpc) is 2.90. The van der Waals surface area contributed by atoms with Crippen molar-refractivity contribution < 1.29 is 19.0 Å². The van der Waals surface area contributed by atoms with Crippen molar-refractivity contribution in [2.24, 2.45) is 5.73 Å². The number of primary amides is 1. The number of rotatable bonds is 3. The van der Waals surface area contributed by atoms with Gasteiger partial charge in [-0.1, -0.05) is 11.6 Å². The molecule has 1 aliphatic rings. The van der Waals surface area contributed by atoms with Crippen LogP contribution >= 0.6 is 11.6 Å². The zero-order chi connectivity index (χ0) is 16.7. The minimum Gasteiger partial charge on any atom is -0.507 e. The Labute approximate surface area is 137 Å². The summed E-state index contributed by atoms with van der Waals surface area (Å²) in [6, 6.07) is 5.95. The molecule has 2 aromatic rings. The third kappa shape index (κ3) is 2.51. The van der Waals surface area contributed by atoms with Gasteiger partial charge < -0.3 is 15.6 Å². The monoisotopic (exact) mass is 335 g/mol. The molecule has 23 heavy (non-hydrogen) atoms. The Morgan fingerprint density at radius 1 is 1.43 bits per heavy atom. The van der Waals surface area contributed by atoms with Gasteiger partial charge in [0.15, 0.2) is 0 Å². The van der Waals surface area contributed by atoms with Crippen molar-refractivity contribution in [3.8, 4) is 11.5 Å². The van der Waals surface area contributed by atoms with E-state index in [9.17, 15) is 14.3 Å². The molecule has 0 aliphatic heterocycles. The fourth-order valence-electron chi connectivity index (χ4n) is 3.25. The SMILES string of the molecule is COc1ccc(C(N)=O)c(O)c1[C@@H]1CCc2c(F)cc(Cl)cc21. The number of fused-ring (bicyclic) bond motifs is 1. The molecule has 0 bridgehead atoms. The van der Waals surface area contributed by atoms with E-state index in [0.29, 0.717) is 35.3 Å². The van der Waals surface area contributed by atoms with Crippen LogP contribution in [0.4, 0.5) is 4.39 Å². The van der Waals surface area contributed by atoms with E-state index in [-0.39, 0.29) is 28.1 Å². The van der Waals surface area contributed by atoms with Crippen molar-refractivity contribution in [2.45, 2.75) is 18.8 Å². The zero-order valence-corrected chi connectivity index (χ0v) is 13.2. The molecule has 2 aromatic carbocycles. The Hall–Kier alpha value is -2.27. The van der Waals surface area contributed by atoms with Crippen LogP contribution in [-0.4, -0.2) is 18.1 Å². The standard InChI is InChI=1S/C17H15ClFNO3/c1-23-14-5-4-11(17(20)22)16(21)15(14)10-3-2-9-12(10)6-8(18)7-13(9)19/h4-7,10,21H,2-3H2,1H3,(H2,20,22)/t10-/m1/s1. The van der Waals surface area contributed by atoms with Crippen LogP contribution < -0.4 is 10.5 Å². The van der Waals surface area contributed by atoms with Gasteiger partial charge in [-0.3, -0.25) is 4.79 Å². The van der Waals surface area contributed by atoms with E-state index in [1.807, 2.05) is 0 Å². The number of ether oxygens (including phenoxy) is 1. The van der Waals surface area contributed by atoms with Crippen molar-refractivity contribution in [2.75, 3.05) is 7.11 Å². The molecular formula is C17H15ClFNO3. The van der Waals surface area contributed by atoms with Crippen LogP contribution in [0.3, 0.4) is 0 Å². The number of benzene rings is 2. The molecule has 0 saturated carbocycles. The van der Waals surface area contributed by atoms with E-state index in [4.69, 9.17) is 22.1 Å². The van der Waals surface area contributed by atoms with Gasteiger partial charge >= 0.3 is 0 Å². The summed E-state index contributed by atoms with van der Waals surface area (Å²) in [4.78, 5) is 11.5. The topological polar surface area (TPSA) is 72.5 Å². The Morgan fingerprint density at radius 2 is 2.17 bits per heavy atom. The molecule has 0 saturated heterocycles. The molecule has 3 N–H and O–H groups in total. The maximum Gasteiger partial charge on any atom is 0.252 e. The summed E-state index contributed by atoms with van der Waals surface area (Å²) in [5.74, 6) is -1.21. The molecule has 0 radical (unpaired) electrons. The number of halogens is 2. The van der Waals surface area contributed by atoms with Crippen LogP contribution in [-0.2, 0) is 6.42 Å². The number of carbonyl (C=O) groups excluding carboxylic acids is 1. The van der Waals surface area contributed by atoms with Gasteiger partial charge in [0, 0.05) is 16.5 Å². The van der Waals surface area contributed by atoms with Crippen LogP contribution in [0, 0.1) is 5.82 Å². The van der Waals surface area contributed by atoms with E-state index < -0.39 is 5.91 Å². The summed E-state index contributed by atoms with van der Waals surface area (Å²) in [7, 11) is 1.47. The molecule has 0 heterocycles. The molecular weight excluding hydrogens is 321 g/mol. The number of methoxy groups -OCH3 is 1. The lowest BCUT2D eigenvalue weighted by Crippen LogP contribution is -2.13. The molecule has 1 amide bonds. The van der Waals surface area contributed by atoms with Gasteiger partial charge in [-0.2, -0.15) is 0 Å². The van der Waals surface area contributed by atoms with Gasteiger partial charge in [0.1, 0.15) is 17.3 Å². The van der Waals surface area contributed by atoms with Crippen molar-refractivity contribution in [1.29, 1.82) is 0 Å². The van der Waals surface area contributed by atoms with E-state index >= 15 is 0 Å². The summed E-state index contributed by atoms with van der Waals surface area (Å²) in [6.07, 6.45) is 1.10.